The molecule has 1 atom stereocenters. The minimum Gasteiger partial charge on any atom is -0.354 e. The number of nitrogens with zero attached hydrogens (tertiary/aromatic N) is 2. The van der Waals surface area contributed by atoms with E-state index in [1.54, 1.807) is 0 Å². The van der Waals surface area contributed by atoms with Crippen molar-refractivity contribution in [1.82, 2.24) is 26.6 Å². The molecule has 0 saturated carbocycles. The van der Waals surface area contributed by atoms with Gasteiger partial charge in [0.25, 0.3) is 0 Å². The Labute approximate surface area is 150 Å². The number of rotatable bonds is 7. The molecule has 5 N–H and O–H groups in total. The molecule has 0 bridgehead atoms. The lowest BCUT2D eigenvalue weighted by Gasteiger charge is -2.21. The normalized spacial score (nSPS) is 23.7. The van der Waals surface area contributed by atoms with Gasteiger partial charge in [0, 0.05) is 84.1 Å². The van der Waals surface area contributed by atoms with E-state index in [9.17, 15) is 4.79 Å². The van der Waals surface area contributed by atoms with E-state index in [-0.39, 0.29) is 17.6 Å². The lowest BCUT2D eigenvalue weighted by molar-refractivity contribution is -0.121. The minimum absolute atomic E-state index is 0.0464. The minimum atomic E-state index is -0.380. The zero-order valence-corrected chi connectivity index (χ0v) is 14.9. The van der Waals surface area contributed by atoms with Gasteiger partial charge in [-0.15, -0.1) is 12.3 Å². The second-order valence-corrected chi connectivity index (χ2v) is 6.55. The highest BCUT2D eigenvalue weighted by molar-refractivity contribution is 5.76. The molecule has 1 amide bonds. The number of carbonyl (C=O) groups excluding carboxylic acids is 1. The van der Waals surface area contributed by atoms with E-state index < -0.39 is 0 Å². The quantitative estimate of drug-likeness (QED) is 0.387. The van der Waals surface area contributed by atoms with Crippen molar-refractivity contribution >= 4 is 5.91 Å². The van der Waals surface area contributed by atoms with Crippen LogP contribution in [0.2, 0.25) is 0 Å². The van der Waals surface area contributed by atoms with Gasteiger partial charge in [-0.25, -0.2) is 0 Å². The highest BCUT2D eigenvalue weighted by Crippen LogP contribution is 2.37. The van der Waals surface area contributed by atoms with Gasteiger partial charge in [-0.1, -0.05) is 0 Å². The number of hydrogen-bond donors (Lipinski definition) is 5. The maximum absolute atomic E-state index is 12.1. The molecule has 1 saturated heterocycles. The van der Waals surface area contributed by atoms with Crippen LogP contribution in [-0.2, 0) is 4.79 Å². The van der Waals surface area contributed by atoms with Gasteiger partial charge in [0.15, 0.2) is 5.66 Å². The molecular formula is C17H31N7O. The average Bonchev–Trinajstić information content (AvgIpc) is 3.38. The van der Waals surface area contributed by atoms with Crippen LogP contribution in [0.4, 0.5) is 0 Å². The molecule has 25 heavy (non-hydrogen) atoms. The molecule has 1 fully saturated rings. The van der Waals surface area contributed by atoms with E-state index in [1.165, 1.54) is 0 Å². The van der Waals surface area contributed by atoms with Gasteiger partial charge in [0.2, 0.25) is 5.91 Å². The molecule has 2 aliphatic heterocycles. The maximum atomic E-state index is 12.1. The van der Waals surface area contributed by atoms with Gasteiger partial charge in [-0.3, -0.25) is 4.79 Å². The summed E-state index contributed by atoms with van der Waals surface area (Å²) in [6, 6.07) is 0.218. The molecule has 140 valence electrons. The van der Waals surface area contributed by atoms with Crippen molar-refractivity contribution in [2.24, 2.45) is 10.2 Å². The molecule has 0 aromatic rings. The number of hydrogen-bond acceptors (Lipinski definition) is 7. The number of terminal acetylenes is 1. The predicted octanol–water partition coefficient (Wildman–Crippen LogP) is -0.801. The number of carbonyl (C=O) groups is 1. The summed E-state index contributed by atoms with van der Waals surface area (Å²) in [5.74, 6) is 2.65. The van der Waals surface area contributed by atoms with Crippen molar-refractivity contribution in [3.63, 3.8) is 0 Å². The summed E-state index contributed by atoms with van der Waals surface area (Å²) in [5, 5.41) is 24.8. The topological polar surface area (TPSA) is 102 Å². The Morgan fingerprint density at radius 3 is 2.44 bits per heavy atom. The molecule has 0 aliphatic carbocycles. The van der Waals surface area contributed by atoms with E-state index in [4.69, 9.17) is 6.42 Å². The fourth-order valence-corrected chi connectivity index (χ4v) is 2.77. The van der Waals surface area contributed by atoms with Gasteiger partial charge in [-0.05, 0) is 0 Å². The molecule has 8 heteroatoms. The third kappa shape index (κ3) is 8.40. The van der Waals surface area contributed by atoms with Crippen LogP contribution < -0.4 is 26.6 Å². The summed E-state index contributed by atoms with van der Waals surface area (Å²) >= 11 is 0. The molecule has 1 unspecified atom stereocenters. The molecule has 0 spiro atoms. The summed E-state index contributed by atoms with van der Waals surface area (Å²) in [6.07, 6.45) is 7.75. The van der Waals surface area contributed by atoms with Crippen LogP contribution in [-0.4, -0.2) is 70.0 Å². The van der Waals surface area contributed by atoms with Crippen LogP contribution in [0.1, 0.15) is 25.7 Å². The molecule has 2 rings (SSSR count). The van der Waals surface area contributed by atoms with E-state index in [1.807, 2.05) is 0 Å². The number of nitrogens with one attached hydrogen (secondary N) is 5. The van der Waals surface area contributed by atoms with E-state index >= 15 is 0 Å². The van der Waals surface area contributed by atoms with Gasteiger partial charge < -0.3 is 26.6 Å². The molecule has 2 heterocycles. The van der Waals surface area contributed by atoms with E-state index in [0.29, 0.717) is 25.8 Å². The average molecular weight is 349 g/mol. The lowest BCUT2D eigenvalue weighted by atomic mass is 10.0. The van der Waals surface area contributed by atoms with Gasteiger partial charge in [0.05, 0.1) is 0 Å². The van der Waals surface area contributed by atoms with Crippen LogP contribution in [0.3, 0.4) is 0 Å². The smallest absolute Gasteiger partial charge is 0.220 e. The summed E-state index contributed by atoms with van der Waals surface area (Å²) in [4.78, 5) is 12.1. The van der Waals surface area contributed by atoms with Crippen molar-refractivity contribution < 1.29 is 4.79 Å². The standard InChI is InChI=1S/C17H31N7O/c1-2-3-5-17(23-24-17)6-4-16(25)22-14-15-13-20-10-9-18-7-8-19-11-12-21-15/h1,15,18-21H,3-14H2,(H,22,25). The first-order valence-electron chi connectivity index (χ1n) is 9.24. The maximum Gasteiger partial charge on any atom is 0.220 e. The molecule has 0 aromatic heterocycles. The Balaban J connectivity index is 1.63. The van der Waals surface area contributed by atoms with Crippen LogP contribution in [0.15, 0.2) is 10.2 Å². The molecule has 0 aromatic carbocycles. The van der Waals surface area contributed by atoms with Crippen molar-refractivity contribution in [3.05, 3.63) is 0 Å². The second kappa shape index (κ2) is 11.2. The second-order valence-electron chi connectivity index (χ2n) is 6.55. The summed E-state index contributed by atoms with van der Waals surface area (Å²) in [7, 11) is 0. The first-order valence-corrected chi connectivity index (χ1v) is 9.24. The first kappa shape index (κ1) is 19.8. The molecular weight excluding hydrogens is 318 g/mol. The Kier molecular flexibility index (Phi) is 8.83. The zero-order valence-electron chi connectivity index (χ0n) is 14.9. The summed E-state index contributed by atoms with van der Waals surface area (Å²) < 4.78 is 0. The highest BCUT2D eigenvalue weighted by Gasteiger charge is 2.39. The van der Waals surface area contributed by atoms with E-state index in [2.05, 4.69) is 42.7 Å². The molecule has 2 aliphatic rings. The molecule has 8 nitrogen and oxygen atoms in total. The van der Waals surface area contributed by atoms with Crippen molar-refractivity contribution in [3.8, 4) is 12.3 Å². The number of amides is 1. The predicted molar refractivity (Wildman–Crippen MR) is 98.3 cm³/mol. The van der Waals surface area contributed by atoms with Crippen molar-refractivity contribution in [2.75, 3.05) is 52.4 Å². The van der Waals surface area contributed by atoms with Crippen molar-refractivity contribution in [2.45, 2.75) is 37.4 Å². The fraction of sp³-hybridized carbons (Fsp3) is 0.824. The Bertz CT molecular complexity index is 456. The first-order chi connectivity index (χ1) is 12.2. The van der Waals surface area contributed by atoms with Gasteiger partial charge in [0.1, 0.15) is 0 Å². The fourth-order valence-electron chi connectivity index (χ4n) is 2.77. The van der Waals surface area contributed by atoms with Crippen LogP contribution in [0.25, 0.3) is 0 Å². The third-order valence-corrected chi connectivity index (χ3v) is 4.43. The summed E-state index contributed by atoms with van der Waals surface area (Å²) in [5.41, 5.74) is -0.380. The highest BCUT2D eigenvalue weighted by atomic mass is 16.1. The zero-order chi connectivity index (χ0) is 17.8. The van der Waals surface area contributed by atoms with Crippen molar-refractivity contribution in [1.29, 1.82) is 0 Å². The summed E-state index contributed by atoms with van der Waals surface area (Å²) in [6.45, 7) is 7.09. The lowest BCUT2D eigenvalue weighted by Crippen LogP contribution is -2.50. The van der Waals surface area contributed by atoms with Crippen LogP contribution in [0.5, 0.6) is 0 Å². The van der Waals surface area contributed by atoms with Gasteiger partial charge in [-0.2, -0.15) is 10.2 Å². The third-order valence-electron chi connectivity index (χ3n) is 4.43. The monoisotopic (exact) mass is 349 g/mol. The Morgan fingerprint density at radius 2 is 1.76 bits per heavy atom. The van der Waals surface area contributed by atoms with Crippen LogP contribution >= 0.6 is 0 Å². The Hall–Kier alpha value is -1.53. The Morgan fingerprint density at radius 1 is 1.08 bits per heavy atom. The van der Waals surface area contributed by atoms with Crippen LogP contribution in [0, 0.1) is 12.3 Å². The largest absolute Gasteiger partial charge is 0.354 e. The van der Waals surface area contributed by atoms with Gasteiger partial charge >= 0.3 is 0 Å². The van der Waals surface area contributed by atoms with E-state index in [0.717, 1.165) is 52.2 Å². The molecule has 0 radical (unpaired) electrons. The SMILES string of the molecule is C#CCCC1(CCC(=O)NCC2CNCCNCCNCCN2)N=N1.